The Hall–Kier alpha value is -3.58. The monoisotopic (exact) mass is 428 g/mol. The van der Waals surface area contributed by atoms with E-state index < -0.39 is 0 Å². The Kier molecular flexibility index (Phi) is 5.41. The molecule has 0 atom stereocenters. The molecule has 0 saturated carbocycles. The largest absolute Gasteiger partial charge is 0.340 e. The molecule has 0 aliphatic carbocycles. The summed E-state index contributed by atoms with van der Waals surface area (Å²) in [6.07, 6.45) is 7.44. The molecule has 1 aliphatic heterocycles. The normalized spacial score (nSPS) is 15.4. The predicted molar refractivity (Wildman–Crippen MR) is 125 cm³/mol. The maximum Gasteiger partial charge on any atom is 0.159 e. The molecule has 4 aromatic rings. The van der Waals surface area contributed by atoms with Crippen molar-refractivity contribution in [2.75, 3.05) is 13.1 Å². The Morgan fingerprint density at radius 1 is 1.22 bits per heavy atom. The Balaban J connectivity index is 1.58. The number of benzene rings is 1. The van der Waals surface area contributed by atoms with Gasteiger partial charge < -0.3 is 10.3 Å². The molecule has 7 heteroatoms. The van der Waals surface area contributed by atoms with Crippen molar-refractivity contribution in [3.63, 3.8) is 0 Å². The van der Waals surface area contributed by atoms with Gasteiger partial charge in [0.1, 0.15) is 11.5 Å². The first kappa shape index (κ1) is 20.3. The third-order valence-electron chi connectivity index (χ3n) is 6.04. The highest BCUT2D eigenvalue weighted by molar-refractivity contribution is 5.91. The van der Waals surface area contributed by atoms with E-state index in [-0.39, 0.29) is 5.82 Å². The molecular weight excluding hydrogens is 403 g/mol. The number of aromatic amines is 2. The number of halogens is 1. The molecule has 3 aromatic heterocycles. The molecule has 1 aromatic carbocycles. The van der Waals surface area contributed by atoms with E-state index in [9.17, 15) is 4.39 Å². The zero-order valence-corrected chi connectivity index (χ0v) is 18.0. The lowest BCUT2D eigenvalue weighted by atomic mass is 9.93. The summed E-state index contributed by atoms with van der Waals surface area (Å²) in [5.74, 6) is 0.783. The molecule has 1 aliphatic rings. The average Bonchev–Trinajstić information content (AvgIpc) is 3.41. The highest BCUT2D eigenvalue weighted by Crippen LogP contribution is 2.32. The van der Waals surface area contributed by atoms with Crippen molar-refractivity contribution < 1.29 is 4.39 Å². The van der Waals surface area contributed by atoms with Gasteiger partial charge in [-0.3, -0.25) is 10.1 Å². The summed E-state index contributed by atoms with van der Waals surface area (Å²) in [4.78, 5) is 12.8. The fourth-order valence-corrected chi connectivity index (χ4v) is 4.38. The zero-order valence-electron chi connectivity index (χ0n) is 18.0. The quantitative estimate of drug-likeness (QED) is 0.396. The zero-order chi connectivity index (χ0) is 22.1. The van der Waals surface area contributed by atoms with E-state index in [2.05, 4.69) is 38.1 Å². The van der Waals surface area contributed by atoms with Crippen LogP contribution in [0.2, 0.25) is 0 Å². The maximum atomic E-state index is 14.5. The van der Waals surface area contributed by atoms with Gasteiger partial charge in [0.05, 0.1) is 17.4 Å². The number of nitrogens with one attached hydrogen (secondary N) is 3. The number of pyridine rings is 1. The smallest absolute Gasteiger partial charge is 0.159 e. The number of aryl methyl sites for hydroxylation is 1. The topological polar surface area (TPSA) is 82.3 Å². The Morgan fingerprint density at radius 3 is 2.81 bits per heavy atom. The van der Waals surface area contributed by atoms with E-state index in [0.717, 1.165) is 53.9 Å². The molecule has 5 rings (SSSR count). The molecular formula is C25H25FN6. The van der Waals surface area contributed by atoms with E-state index >= 15 is 0 Å². The molecule has 4 heterocycles. The van der Waals surface area contributed by atoms with Crippen LogP contribution >= 0.6 is 0 Å². The number of nitrogens with zero attached hydrogens (tertiary/aromatic N) is 3. The van der Waals surface area contributed by atoms with Gasteiger partial charge >= 0.3 is 0 Å². The van der Waals surface area contributed by atoms with Crippen LogP contribution in [-0.4, -0.2) is 38.2 Å². The minimum atomic E-state index is -0.299. The molecule has 0 spiro atoms. The summed E-state index contributed by atoms with van der Waals surface area (Å²) in [6.45, 7) is 7.75. The van der Waals surface area contributed by atoms with Gasteiger partial charge in [0.25, 0.3) is 0 Å². The summed E-state index contributed by atoms with van der Waals surface area (Å²) in [7, 11) is 0. The summed E-state index contributed by atoms with van der Waals surface area (Å²) >= 11 is 0. The lowest BCUT2D eigenvalue weighted by Crippen LogP contribution is -2.27. The molecule has 1 fully saturated rings. The van der Waals surface area contributed by atoms with Crippen LogP contribution in [0.15, 0.2) is 55.3 Å². The summed E-state index contributed by atoms with van der Waals surface area (Å²) in [5, 5.41) is 12.0. The van der Waals surface area contributed by atoms with Crippen molar-refractivity contribution in [3.8, 4) is 11.5 Å². The van der Waals surface area contributed by atoms with Crippen molar-refractivity contribution in [1.29, 1.82) is 0 Å². The highest BCUT2D eigenvalue weighted by Gasteiger charge is 2.21. The molecule has 6 nitrogen and oxygen atoms in total. The number of piperidine rings is 1. The lowest BCUT2D eigenvalue weighted by Gasteiger charge is -2.21. The highest BCUT2D eigenvalue weighted by atomic mass is 19.1. The maximum absolute atomic E-state index is 14.5. The number of H-pyrrole nitrogens is 2. The molecule has 0 amide bonds. The predicted octanol–water partition coefficient (Wildman–Crippen LogP) is 4.88. The van der Waals surface area contributed by atoms with Crippen molar-refractivity contribution in [1.82, 2.24) is 30.5 Å². The van der Waals surface area contributed by atoms with Gasteiger partial charge in [-0.2, -0.15) is 5.10 Å². The fraction of sp³-hybridized carbons (Fsp3) is 0.240. The van der Waals surface area contributed by atoms with Crippen LogP contribution in [0, 0.1) is 12.7 Å². The fourth-order valence-electron chi connectivity index (χ4n) is 4.38. The molecule has 32 heavy (non-hydrogen) atoms. The second-order valence-electron chi connectivity index (χ2n) is 8.11. The van der Waals surface area contributed by atoms with Gasteiger partial charge in [-0.15, -0.1) is 0 Å². The number of allylic oxidation sites excluding steroid dienone is 2. The van der Waals surface area contributed by atoms with E-state index in [1.54, 1.807) is 24.3 Å². The van der Waals surface area contributed by atoms with Gasteiger partial charge in [-0.25, -0.2) is 9.37 Å². The molecule has 0 radical (unpaired) electrons. The van der Waals surface area contributed by atoms with Crippen molar-refractivity contribution >= 4 is 16.5 Å². The van der Waals surface area contributed by atoms with Crippen LogP contribution in [0.3, 0.4) is 0 Å². The standard InChI is InChI=1S/C25H25FN6/c1-3-6-18(17-7-4-5-8-20(17)26)23-15(2)29-25(30-23)24-19-13-21(16-9-11-27-12-10-16)28-14-22(19)31-32-24/h3-8,13-14,16,27H,1,9-12H2,2H3,(H,29,30)(H,31,32)/b18-6-. The van der Waals surface area contributed by atoms with Crippen LogP contribution < -0.4 is 5.32 Å². The van der Waals surface area contributed by atoms with Crippen LogP contribution in [0.25, 0.3) is 28.0 Å². The minimum absolute atomic E-state index is 0.299. The number of imidazole rings is 1. The molecule has 1 saturated heterocycles. The van der Waals surface area contributed by atoms with Gasteiger partial charge in [-0.05, 0) is 45.0 Å². The molecule has 3 N–H and O–H groups in total. The number of hydrogen-bond donors (Lipinski definition) is 3. The second-order valence-corrected chi connectivity index (χ2v) is 8.11. The first-order valence-electron chi connectivity index (χ1n) is 10.9. The van der Waals surface area contributed by atoms with E-state index in [4.69, 9.17) is 4.98 Å². The van der Waals surface area contributed by atoms with E-state index in [1.165, 1.54) is 6.07 Å². The summed E-state index contributed by atoms with van der Waals surface area (Å²) in [6, 6.07) is 8.82. The van der Waals surface area contributed by atoms with Crippen LogP contribution in [0.5, 0.6) is 0 Å². The van der Waals surface area contributed by atoms with Gasteiger partial charge in [0, 0.05) is 33.8 Å². The van der Waals surface area contributed by atoms with Crippen LogP contribution in [-0.2, 0) is 0 Å². The molecule has 162 valence electrons. The van der Waals surface area contributed by atoms with Gasteiger partial charge in [0.2, 0.25) is 0 Å². The Bertz CT molecular complexity index is 1310. The third kappa shape index (κ3) is 3.65. The number of hydrogen-bond acceptors (Lipinski definition) is 4. The number of rotatable bonds is 5. The van der Waals surface area contributed by atoms with Crippen molar-refractivity contribution in [3.05, 3.63) is 83.7 Å². The van der Waals surface area contributed by atoms with E-state index in [0.29, 0.717) is 28.6 Å². The average molecular weight is 429 g/mol. The first-order chi connectivity index (χ1) is 15.7. The second kappa shape index (κ2) is 8.51. The Morgan fingerprint density at radius 2 is 2.03 bits per heavy atom. The summed E-state index contributed by atoms with van der Waals surface area (Å²) in [5.41, 5.74) is 5.35. The lowest BCUT2D eigenvalue weighted by molar-refractivity contribution is 0.453. The van der Waals surface area contributed by atoms with E-state index in [1.807, 2.05) is 19.2 Å². The molecule has 0 bridgehead atoms. The van der Waals surface area contributed by atoms with Crippen molar-refractivity contribution in [2.45, 2.75) is 25.7 Å². The Labute approximate surface area is 185 Å². The van der Waals surface area contributed by atoms with Crippen LogP contribution in [0.4, 0.5) is 4.39 Å². The van der Waals surface area contributed by atoms with Crippen molar-refractivity contribution in [2.24, 2.45) is 0 Å². The number of fused-ring (bicyclic) bond motifs is 1. The minimum Gasteiger partial charge on any atom is -0.340 e. The third-order valence-corrected chi connectivity index (χ3v) is 6.04. The van der Waals surface area contributed by atoms with Crippen LogP contribution in [0.1, 0.15) is 41.4 Å². The SMILES string of the molecule is C=C/C=C(/c1ccccc1F)c1nc(-c2n[nH]c3cnc(C4CCNCC4)cc23)[nH]c1C. The number of aromatic nitrogens is 5. The first-order valence-corrected chi connectivity index (χ1v) is 10.9. The molecule has 0 unspecified atom stereocenters. The van der Waals surface area contributed by atoms with Gasteiger partial charge in [-0.1, -0.05) is 36.9 Å². The van der Waals surface area contributed by atoms with Gasteiger partial charge in [0.15, 0.2) is 5.82 Å². The summed E-state index contributed by atoms with van der Waals surface area (Å²) < 4.78 is 14.5.